The molecule has 2 heterocycles. The summed E-state index contributed by atoms with van der Waals surface area (Å²) in [5.74, 6) is 0. The highest BCUT2D eigenvalue weighted by molar-refractivity contribution is 5.74. The average molecular weight is 294 g/mol. The summed E-state index contributed by atoms with van der Waals surface area (Å²) in [6.07, 6.45) is 0. The van der Waals surface area contributed by atoms with Crippen LogP contribution in [0.25, 0.3) is 22.1 Å². The molecule has 22 heavy (non-hydrogen) atoms. The highest BCUT2D eigenvalue weighted by Gasteiger charge is 1.95. The van der Waals surface area contributed by atoms with Crippen LogP contribution in [-0.2, 0) is 0 Å². The van der Waals surface area contributed by atoms with Crippen molar-refractivity contribution in [2.24, 2.45) is 0 Å². The molecule has 0 saturated carbocycles. The molecule has 2 aromatic carbocycles. The smallest absolute Gasteiger partial charge is 0.113 e. The van der Waals surface area contributed by atoms with Gasteiger partial charge in [0.25, 0.3) is 0 Å². The molecule has 0 saturated heterocycles. The van der Waals surface area contributed by atoms with E-state index in [9.17, 15) is 0 Å². The second kappa shape index (κ2) is 7.12. The molecule has 0 radical (unpaired) electrons. The van der Waals surface area contributed by atoms with Crippen LogP contribution in [0.4, 0.5) is 0 Å². The summed E-state index contributed by atoms with van der Waals surface area (Å²) in [6, 6.07) is 11.9. The number of nitrogens with one attached hydrogen (secondary N) is 2. The van der Waals surface area contributed by atoms with E-state index in [1.807, 2.05) is 50.2 Å². The first-order valence-electron chi connectivity index (χ1n) is 6.76. The number of hydrogen-bond donors (Lipinski definition) is 2. The van der Waals surface area contributed by atoms with E-state index in [1.165, 1.54) is 11.1 Å². The van der Waals surface area contributed by atoms with E-state index in [1.54, 1.807) is 0 Å². The Kier molecular flexibility index (Phi) is 4.98. The Labute approximate surface area is 128 Å². The van der Waals surface area contributed by atoms with Crippen LogP contribution in [0.3, 0.4) is 0 Å². The van der Waals surface area contributed by atoms with Crippen LogP contribution in [0.5, 0.6) is 0 Å². The Bertz CT molecular complexity index is 789. The molecule has 0 fully saturated rings. The number of aromatic amines is 2. The summed E-state index contributed by atoms with van der Waals surface area (Å²) in [4.78, 5) is 0. The molecular formula is C16H18N6. The predicted octanol–water partition coefficient (Wildman–Crippen LogP) is 3.33. The van der Waals surface area contributed by atoms with Crippen molar-refractivity contribution in [1.82, 2.24) is 30.8 Å². The van der Waals surface area contributed by atoms with E-state index in [2.05, 4.69) is 44.0 Å². The lowest BCUT2D eigenvalue weighted by Crippen LogP contribution is -1.71. The normalized spacial score (nSPS) is 9.73. The molecule has 2 aromatic heterocycles. The first-order chi connectivity index (χ1) is 10.7. The topological polar surface area (TPSA) is 83.1 Å². The van der Waals surface area contributed by atoms with Crippen LogP contribution < -0.4 is 0 Å². The summed E-state index contributed by atoms with van der Waals surface area (Å²) < 4.78 is 0. The summed E-state index contributed by atoms with van der Waals surface area (Å²) >= 11 is 0. The van der Waals surface area contributed by atoms with E-state index < -0.39 is 0 Å². The quantitative estimate of drug-likeness (QED) is 0.487. The lowest BCUT2D eigenvalue weighted by atomic mass is 10.2. The van der Waals surface area contributed by atoms with Crippen LogP contribution in [0.2, 0.25) is 0 Å². The summed E-state index contributed by atoms with van der Waals surface area (Å²) in [6.45, 7) is 10.1. The van der Waals surface area contributed by atoms with Crippen molar-refractivity contribution in [3.05, 3.63) is 60.7 Å². The summed E-state index contributed by atoms with van der Waals surface area (Å²) in [5, 5.41) is 20.9. The van der Waals surface area contributed by atoms with Gasteiger partial charge in [0, 0.05) is 0 Å². The third-order valence-electron chi connectivity index (χ3n) is 2.94. The maximum Gasteiger partial charge on any atom is 0.113 e. The molecule has 6 heteroatoms. The number of aromatic nitrogens is 6. The Morgan fingerprint density at radius 3 is 1.41 bits per heavy atom. The Morgan fingerprint density at radius 2 is 1.00 bits per heavy atom. The summed E-state index contributed by atoms with van der Waals surface area (Å²) in [5.41, 5.74) is 6.12. The lowest BCUT2D eigenvalue weighted by Gasteiger charge is -1.87. The zero-order valence-corrected chi connectivity index (χ0v) is 12.7. The number of H-pyrrole nitrogens is 2. The van der Waals surface area contributed by atoms with Gasteiger partial charge in [-0.25, -0.2) is 0 Å². The first-order valence-corrected chi connectivity index (χ1v) is 6.76. The minimum Gasteiger partial charge on any atom is -0.197 e. The molecule has 2 N–H and O–H groups in total. The fraction of sp³-hybridized carbons (Fsp3) is 0.125. The van der Waals surface area contributed by atoms with Gasteiger partial charge < -0.3 is 0 Å². The monoisotopic (exact) mass is 294 g/mol. The van der Waals surface area contributed by atoms with Gasteiger partial charge in [-0.3, -0.25) is 0 Å². The van der Waals surface area contributed by atoms with E-state index in [-0.39, 0.29) is 0 Å². The predicted molar refractivity (Wildman–Crippen MR) is 88.5 cm³/mol. The highest BCUT2D eigenvalue weighted by Crippen LogP contribution is 2.09. The molecule has 112 valence electrons. The second-order valence-electron chi connectivity index (χ2n) is 4.63. The fourth-order valence-corrected chi connectivity index (χ4v) is 1.90. The Balaban J connectivity index is 0.000000144. The number of hydrogen-bond acceptors (Lipinski definition) is 4. The van der Waals surface area contributed by atoms with Crippen LogP contribution in [0.1, 0.15) is 11.1 Å². The average Bonchev–Trinajstić information content (AvgIpc) is 3.17. The number of nitrogens with zero attached hydrogens (tertiary/aromatic N) is 4. The Morgan fingerprint density at radius 1 is 0.636 bits per heavy atom. The van der Waals surface area contributed by atoms with Crippen molar-refractivity contribution in [2.45, 2.75) is 13.8 Å². The zero-order chi connectivity index (χ0) is 15.9. The van der Waals surface area contributed by atoms with Crippen molar-refractivity contribution in [3.8, 4) is 0 Å². The third-order valence-corrected chi connectivity index (χ3v) is 2.94. The van der Waals surface area contributed by atoms with Crippen molar-refractivity contribution < 1.29 is 0 Å². The minimum atomic E-state index is 0.922. The van der Waals surface area contributed by atoms with Gasteiger partial charge in [0.2, 0.25) is 0 Å². The molecule has 0 aliphatic rings. The Hall–Kier alpha value is -3.02. The maximum absolute atomic E-state index is 3.94. The standard InChI is InChI=1S/2C7H7N3.C2H4/c2*1-5-2-3-6-7(4-5)9-10-8-6;1-2/h2*2-4H,1H3,(H,8,9,10);1-2H2. The molecule has 0 spiro atoms. The van der Waals surface area contributed by atoms with Crippen molar-refractivity contribution in [3.63, 3.8) is 0 Å². The molecule has 4 aromatic rings. The fourth-order valence-electron chi connectivity index (χ4n) is 1.90. The van der Waals surface area contributed by atoms with Gasteiger partial charge in [-0.1, -0.05) is 12.1 Å². The molecule has 4 rings (SSSR count). The van der Waals surface area contributed by atoms with E-state index >= 15 is 0 Å². The van der Waals surface area contributed by atoms with E-state index in [0.717, 1.165) is 22.1 Å². The van der Waals surface area contributed by atoms with E-state index in [0.29, 0.717) is 0 Å². The molecule has 0 bridgehead atoms. The molecule has 6 nitrogen and oxygen atoms in total. The van der Waals surface area contributed by atoms with Gasteiger partial charge >= 0.3 is 0 Å². The first kappa shape index (κ1) is 15.4. The molecular weight excluding hydrogens is 276 g/mol. The number of benzene rings is 2. The number of aryl methyl sites for hydroxylation is 2. The largest absolute Gasteiger partial charge is 0.197 e. The number of fused-ring (bicyclic) bond motifs is 2. The zero-order valence-electron chi connectivity index (χ0n) is 12.7. The van der Waals surface area contributed by atoms with Gasteiger partial charge in [-0.05, 0) is 49.2 Å². The molecule has 0 aliphatic heterocycles. The molecule has 0 aliphatic carbocycles. The van der Waals surface area contributed by atoms with Crippen molar-refractivity contribution in [2.75, 3.05) is 0 Å². The number of rotatable bonds is 0. The van der Waals surface area contributed by atoms with Crippen LogP contribution in [0.15, 0.2) is 49.6 Å². The van der Waals surface area contributed by atoms with Gasteiger partial charge in [-0.2, -0.15) is 30.8 Å². The van der Waals surface area contributed by atoms with Crippen LogP contribution in [-0.4, -0.2) is 30.8 Å². The maximum atomic E-state index is 3.94. The van der Waals surface area contributed by atoms with E-state index in [4.69, 9.17) is 0 Å². The molecule has 0 unspecified atom stereocenters. The van der Waals surface area contributed by atoms with Crippen LogP contribution >= 0.6 is 0 Å². The van der Waals surface area contributed by atoms with Gasteiger partial charge in [0.15, 0.2) is 0 Å². The molecule has 0 atom stereocenters. The van der Waals surface area contributed by atoms with Crippen molar-refractivity contribution >= 4 is 22.1 Å². The molecule has 0 amide bonds. The third kappa shape index (κ3) is 3.54. The second-order valence-corrected chi connectivity index (χ2v) is 4.63. The SMILES string of the molecule is C=C.Cc1ccc2n[nH]nc2c1.Cc1ccc2n[nH]nc2c1. The van der Waals surface area contributed by atoms with Crippen LogP contribution in [0, 0.1) is 13.8 Å². The van der Waals surface area contributed by atoms with Gasteiger partial charge in [-0.15, -0.1) is 13.2 Å². The minimum absolute atomic E-state index is 0.922. The summed E-state index contributed by atoms with van der Waals surface area (Å²) in [7, 11) is 0. The highest BCUT2D eigenvalue weighted by atomic mass is 15.3. The van der Waals surface area contributed by atoms with Crippen molar-refractivity contribution in [1.29, 1.82) is 0 Å². The van der Waals surface area contributed by atoms with Gasteiger partial charge in [0.05, 0.1) is 0 Å². The van der Waals surface area contributed by atoms with Gasteiger partial charge in [0.1, 0.15) is 22.1 Å². The lowest BCUT2D eigenvalue weighted by molar-refractivity contribution is 0.959.